The first-order valence-corrected chi connectivity index (χ1v) is 11.8. The maximum atomic E-state index is 12.6. The molecule has 0 aliphatic rings. The number of nitrogens with zero attached hydrogens (tertiary/aromatic N) is 3. The van der Waals surface area contributed by atoms with Crippen LogP contribution in [0.1, 0.15) is 16.8 Å². The summed E-state index contributed by atoms with van der Waals surface area (Å²) >= 11 is 0. The third kappa shape index (κ3) is 6.37. The Balaban J connectivity index is 1.57. The van der Waals surface area contributed by atoms with Gasteiger partial charge in [0.05, 0.1) is 5.69 Å². The van der Waals surface area contributed by atoms with Gasteiger partial charge in [0, 0.05) is 31.6 Å². The second kappa shape index (κ2) is 11.0. The monoisotopic (exact) mass is 468 g/mol. The van der Waals surface area contributed by atoms with Gasteiger partial charge >= 0.3 is 0 Å². The predicted molar refractivity (Wildman–Crippen MR) is 143 cm³/mol. The summed E-state index contributed by atoms with van der Waals surface area (Å²) in [5.74, 6) is 0.805. The first kappa shape index (κ1) is 24.2. The van der Waals surface area contributed by atoms with Crippen molar-refractivity contribution in [1.29, 1.82) is 0 Å². The number of aromatic nitrogens is 2. The molecule has 6 nitrogen and oxygen atoms in total. The molecule has 0 radical (unpaired) electrons. The second-order valence-corrected chi connectivity index (χ2v) is 9.10. The predicted octanol–water partition coefficient (Wildman–Crippen LogP) is 4.38. The molecular formula is C29H32N4O2. The highest BCUT2D eigenvalue weighted by Crippen LogP contribution is 2.19. The van der Waals surface area contributed by atoms with Gasteiger partial charge in [-0.15, -0.1) is 6.58 Å². The van der Waals surface area contributed by atoms with E-state index in [0.717, 1.165) is 23.2 Å². The standard InChI is InChI=1S/C29H32N4O2/c1-4-15-33(20-26(32(2)3)18-21-10-13-27(34)14-11-21)29-30-25(19-28(35)31-29)17-22-9-12-23-7-5-6-8-24(23)16-22/h4-14,16,19,26,34H,1,15,17-18,20H2,2-3H3,(H,30,31,35)/t26-/m1/s1. The fourth-order valence-electron chi connectivity index (χ4n) is 4.26. The van der Waals surface area contributed by atoms with Crippen molar-refractivity contribution in [2.45, 2.75) is 18.9 Å². The lowest BCUT2D eigenvalue weighted by Gasteiger charge is -2.31. The summed E-state index contributed by atoms with van der Waals surface area (Å²) in [6.07, 6.45) is 3.19. The van der Waals surface area contributed by atoms with E-state index in [1.54, 1.807) is 18.2 Å². The second-order valence-electron chi connectivity index (χ2n) is 9.10. The van der Waals surface area contributed by atoms with Gasteiger partial charge in [-0.25, -0.2) is 4.98 Å². The third-order valence-electron chi connectivity index (χ3n) is 6.20. The van der Waals surface area contributed by atoms with E-state index in [1.165, 1.54) is 10.8 Å². The molecule has 0 saturated carbocycles. The number of likely N-dealkylation sites (N-methyl/N-ethyl adjacent to an activating group) is 1. The summed E-state index contributed by atoms with van der Waals surface area (Å²) in [4.78, 5) is 24.6. The quantitative estimate of drug-likeness (QED) is 0.338. The molecule has 0 bridgehead atoms. The number of rotatable bonds is 10. The Morgan fingerprint density at radius 3 is 2.43 bits per heavy atom. The first-order chi connectivity index (χ1) is 16.9. The number of aromatic hydroxyl groups is 1. The molecule has 1 atom stereocenters. The van der Waals surface area contributed by atoms with E-state index < -0.39 is 0 Å². The molecular weight excluding hydrogens is 436 g/mol. The average Bonchev–Trinajstić information content (AvgIpc) is 2.84. The molecule has 0 amide bonds. The van der Waals surface area contributed by atoms with Gasteiger partial charge in [-0.3, -0.25) is 9.78 Å². The fraction of sp³-hybridized carbons (Fsp3) is 0.241. The highest BCUT2D eigenvalue weighted by atomic mass is 16.3. The number of hydrogen-bond donors (Lipinski definition) is 2. The van der Waals surface area contributed by atoms with Gasteiger partial charge in [-0.1, -0.05) is 60.7 Å². The number of fused-ring (bicyclic) bond motifs is 1. The van der Waals surface area contributed by atoms with Crippen LogP contribution in [0.3, 0.4) is 0 Å². The lowest BCUT2D eigenvalue weighted by Crippen LogP contribution is -2.43. The molecule has 1 heterocycles. The largest absolute Gasteiger partial charge is 0.508 e. The van der Waals surface area contributed by atoms with Crippen LogP contribution in [-0.2, 0) is 12.8 Å². The van der Waals surface area contributed by atoms with Gasteiger partial charge in [0.2, 0.25) is 5.95 Å². The van der Waals surface area contributed by atoms with E-state index in [-0.39, 0.29) is 17.4 Å². The molecule has 3 aromatic carbocycles. The summed E-state index contributed by atoms with van der Waals surface area (Å²) in [7, 11) is 4.09. The Kier molecular flexibility index (Phi) is 7.63. The molecule has 0 spiro atoms. The molecule has 180 valence electrons. The maximum Gasteiger partial charge on any atom is 0.252 e. The summed E-state index contributed by atoms with van der Waals surface area (Å²) in [6.45, 7) is 5.12. The van der Waals surface area contributed by atoms with Crippen molar-refractivity contribution in [1.82, 2.24) is 14.9 Å². The molecule has 35 heavy (non-hydrogen) atoms. The zero-order chi connectivity index (χ0) is 24.8. The number of nitrogens with one attached hydrogen (secondary N) is 1. The molecule has 4 rings (SSSR count). The van der Waals surface area contributed by atoms with E-state index in [9.17, 15) is 9.90 Å². The van der Waals surface area contributed by atoms with Crippen molar-refractivity contribution in [3.8, 4) is 5.75 Å². The number of phenols is 1. The zero-order valence-electron chi connectivity index (χ0n) is 20.3. The molecule has 0 aliphatic heterocycles. The number of anilines is 1. The lowest BCUT2D eigenvalue weighted by atomic mass is 10.0. The van der Waals surface area contributed by atoms with Gasteiger partial charge in [0.1, 0.15) is 5.75 Å². The van der Waals surface area contributed by atoms with E-state index in [0.29, 0.717) is 25.5 Å². The van der Waals surface area contributed by atoms with Gasteiger partial charge in [0.25, 0.3) is 5.56 Å². The molecule has 0 fully saturated rings. The summed E-state index contributed by atoms with van der Waals surface area (Å²) < 4.78 is 0. The normalized spacial score (nSPS) is 12.1. The minimum Gasteiger partial charge on any atom is -0.508 e. The third-order valence-corrected chi connectivity index (χ3v) is 6.20. The topological polar surface area (TPSA) is 72.5 Å². The summed E-state index contributed by atoms with van der Waals surface area (Å²) in [6, 6.07) is 23.6. The van der Waals surface area contributed by atoms with Crippen molar-refractivity contribution in [3.63, 3.8) is 0 Å². The minimum absolute atomic E-state index is 0.161. The Bertz CT molecular complexity index is 1340. The average molecular weight is 469 g/mol. The summed E-state index contributed by atoms with van der Waals surface area (Å²) in [5.41, 5.74) is 2.81. The zero-order valence-corrected chi connectivity index (χ0v) is 20.3. The van der Waals surface area contributed by atoms with E-state index in [2.05, 4.69) is 51.7 Å². The van der Waals surface area contributed by atoms with E-state index in [1.807, 2.05) is 44.4 Å². The highest BCUT2D eigenvalue weighted by Gasteiger charge is 2.19. The van der Waals surface area contributed by atoms with Crippen molar-refractivity contribution in [3.05, 3.63) is 113 Å². The van der Waals surface area contributed by atoms with Crippen molar-refractivity contribution < 1.29 is 5.11 Å². The number of phenolic OH excluding ortho intramolecular Hbond substituents is 1. The van der Waals surface area contributed by atoms with Gasteiger partial charge < -0.3 is 14.9 Å². The maximum absolute atomic E-state index is 12.6. The van der Waals surface area contributed by atoms with Crippen molar-refractivity contribution in [2.75, 3.05) is 32.1 Å². The van der Waals surface area contributed by atoms with Gasteiger partial charge in [0.15, 0.2) is 0 Å². The van der Waals surface area contributed by atoms with Crippen molar-refractivity contribution in [2.24, 2.45) is 0 Å². The molecule has 0 aliphatic carbocycles. The van der Waals surface area contributed by atoms with Crippen molar-refractivity contribution >= 4 is 16.7 Å². The Labute approximate surface area is 206 Å². The molecule has 4 aromatic rings. The van der Waals surface area contributed by atoms with E-state index >= 15 is 0 Å². The molecule has 1 aromatic heterocycles. The van der Waals surface area contributed by atoms with Crippen LogP contribution in [0, 0.1) is 0 Å². The molecule has 6 heteroatoms. The molecule has 0 unspecified atom stereocenters. The number of H-pyrrole nitrogens is 1. The lowest BCUT2D eigenvalue weighted by molar-refractivity contribution is 0.293. The van der Waals surface area contributed by atoms with Gasteiger partial charge in [-0.05, 0) is 54.5 Å². The highest BCUT2D eigenvalue weighted by molar-refractivity contribution is 5.83. The van der Waals surface area contributed by atoms with Crippen LogP contribution in [0.15, 0.2) is 90.2 Å². The number of hydrogen-bond acceptors (Lipinski definition) is 5. The smallest absolute Gasteiger partial charge is 0.252 e. The fourth-order valence-corrected chi connectivity index (χ4v) is 4.26. The van der Waals surface area contributed by atoms with Crippen LogP contribution >= 0.6 is 0 Å². The van der Waals surface area contributed by atoms with Crippen LogP contribution in [0.4, 0.5) is 5.95 Å². The van der Waals surface area contributed by atoms with Crippen LogP contribution in [0.2, 0.25) is 0 Å². The van der Waals surface area contributed by atoms with Crippen LogP contribution in [0.25, 0.3) is 10.8 Å². The Morgan fingerprint density at radius 2 is 1.71 bits per heavy atom. The first-order valence-electron chi connectivity index (χ1n) is 11.8. The Hall–Kier alpha value is -3.90. The molecule has 2 N–H and O–H groups in total. The van der Waals surface area contributed by atoms with Gasteiger partial charge in [-0.2, -0.15) is 0 Å². The summed E-state index contributed by atoms with van der Waals surface area (Å²) in [5, 5.41) is 12.0. The molecule has 0 saturated heterocycles. The number of benzene rings is 3. The number of aromatic amines is 1. The van der Waals surface area contributed by atoms with E-state index in [4.69, 9.17) is 4.98 Å². The Morgan fingerprint density at radius 1 is 1.00 bits per heavy atom. The van der Waals surface area contributed by atoms with Crippen LogP contribution < -0.4 is 10.5 Å². The van der Waals surface area contributed by atoms with Crippen LogP contribution in [0.5, 0.6) is 5.75 Å². The SMILES string of the molecule is C=CCN(C[C@@H](Cc1ccc(O)cc1)N(C)C)c1nc(Cc2ccc3ccccc3c2)cc(=O)[nH]1. The minimum atomic E-state index is -0.167. The van der Waals surface area contributed by atoms with Crippen LogP contribution in [-0.4, -0.2) is 53.2 Å².